The van der Waals surface area contributed by atoms with E-state index in [2.05, 4.69) is 20.4 Å². The number of hydrogen-bond donors (Lipinski definition) is 0. The van der Waals surface area contributed by atoms with Crippen molar-refractivity contribution >= 4 is 6.01 Å². The second-order valence-electron chi connectivity index (χ2n) is 8.78. The van der Waals surface area contributed by atoms with Crippen molar-refractivity contribution in [3.63, 3.8) is 0 Å². The number of fused-ring (bicyclic) bond motifs is 1. The summed E-state index contributed by atoms with van der Waals surface area (Å²) in [6.07, 6.45) is 0.287. The first-order valence-electron chi connectivity index (χ1n) is 11.4. The Labute approximate surface area is 195 Å². The second kappa shape index (κ2) is 9.68. The molecule has 0 spiro atoms. The molecule has 2 heterocycles. The molecule has 1 aliphatic rings. The van der Waals surface area contributed by atoms with Gasteiger partial charge in [-0.05, 0) is 55.4 Å². The van der Waals surface area contributed by atoms with Gasteiger partial charge in [-0.15, -0.1) is 5.10 Å². The number of benzene rings is 1. The summed E-state index contributed by atoms with van der Waals surface area (Å²) in [6, 6.07) is 5.40. The van der Waals surface area contributed by atoms with E-state index in [1.54, 1.807) is 13.0 Å². The fourth-order valence-electron chi connectivity index (χ4n) is 4.91. The highest BCUT2D eigenvalue weighted by molar-refractivity contribution is 5.62. The van der Waals surface area contributed by atoms with Gasteiger partial charge in [0.2, 0.25) is 5.89 Å². The predicted octanol–water partition coefficient (Wildman–Crippen LogP) is 5.82. The molecule has 1 aromatic carbocycles. The van der Waals surface area contributed by atoms with Crippen LogP contribution in [0.4, 0.5) is 23.6 Å². The van der Waals surface area contributed by atoms with Gasteiger partial charge in [0, 0.05) is 18.9 Å². The van der Waals surface area contributed by atoms with Gasteiger partial charge in [0.1, 0.15) is 11.6 Å². The number of anilines is 1. The SMILES string of the molecule is CC[C@H]1CC[C@](CC)(CN(CC(F)F)c2nnc(C)o2)c2nnc(-c3c(F)cccc3F)cc21. The quantitative estimate of drug-likeness (QED) is 0.381. The highest BCUT2D eigenvalue weighted by Gasteiger charge is 2.43. The number of aryl methyl sites for hydroxylation is 1. The van der Waals surface area contributed by atoms with Crippen LogP contribution in [0.1, 0.15) is 62.6 Å². The van der Waals surface area contributed by atoms with Gasteiger partial charge in [-0.1, -0.05) is 25.0 Å². The maximum atomic E-state index is 14.4. The first kappa shape index (κ1) is 24.1. The molecule has 0 saturated heterocycles. The van der Waals surface area contributed by atoms with Crippen molar-refractivity contribution < 1.29 is 22.0 Å². The van der Waals surface area contributed by atoms with Crippen LogP contribution in [0.25, 0.3) is 11.3 Å². The number of hydrogen-bond acceptors (Lipinski definition) is 6. The van der Waals surface area contributed by atoms with Crippen molar-refractivity contribution in [1.29, 1.82) is 0 Å². The molecular weight excluding hydrogens is 450 g/mol. The van der Waals surface area contributed by atoms with Gasteiger partial charge in [0.25, 0.3) is 6.43 Å². The molecular formula is C24H27F4N5O. The van der Waals surface area contributed by atoms with Crippen LogP contribution in [0, 0.1) is 18.6 Å². The molecule has 2 atom stereocenters. The van der Waals surface area contributed by atoms with Crippen molar-refractivity contribution in [3.8, 4) is 11.3 Å². The average Bonchev–Trinajstić information content (AvgIpc) is 3.24. The number of alkyl halides is 2. The largest absolute Gasteiger partial charge is 0.408 e. The van der Waals surface area contributed by atoms with Crippen LogP contribution >= 0.6 is 0 Å². The van der Waals surface area contributed by atoms with E-state index in [1.807, 2.05) is 13.8 Å². The van der Waals surface area contributed by atoms with E-state index in [0.29, 0.717) is 18.5 Å². The van der Waals surface area contributed by atoms with E-state index in [9.17, 15) is 17.6 Å². The van der Waals surface area contributed by atoms with E-state index in [1.165, 1.54) is 23.1 Å². The smallest absolute Gasteiger partial charge is 0.318 e. The summed E-state index contributed by atoms with van der Waals surface area (Å²) in [7, 11) is 0. The standard InChI is InChI=1S/C24H27F4N5O/c1-4-15-9-10-24(5-2,13-33(12-20(27)28)23-32-29-14(3)34-23)22-16(15)11-19(30-31-22)21-17(25)7-6-8-18(21)26/h6-8,11,15,20H,4-5,9-10,12-13H2,1-3H3/t15-,24+/m0/s1. The van der Waals surface area contributed by atoms with Crippen molar-refractivity contribution in [2.24, 2.45) is 0 Å². The zero-order chi connectivity index (χ0) is 24.5. The molecule has 6 nitrogen and oxygen atoms in total. The molecule has 0 amide bonds. The lowest BCUT2D eigenvalue weighted by Gasteiger charge is -2.42. The van der Waals surface area contributed by atoms with Crippen LogP contribution in [0.3, 0.4) is 0 Å². The molecule has 34 heavy (non-hydrogen) atoms. The summed E-state index contributed by atoms with van der Waals surface area (Å²) in [4.78, 5) is 1.40. The molecule has 0 radical (unpaired) electrons. The van der Waals surface area contributed by atoms with E-state index in [-0.39, 0.29) is 35.6 Å². The minimum atomic E-state index is -2.61. The molecule has 0 N–H and O–H groups in total. The molecule has 0 bridgehead atoms. The summed E-state index contributed by atoms with van der Waals surface area (Å²) < 4.78 is 61.3. The molecule has 10 heteroatoms. The molecule has 0 saturated carbocycles. The van der Waals surface area contributed by atoms with Gasteiger partial charge in [-0.25, -0.2) is 17.6 Å². The second-order valence-corrected chi connectivity index (χ2v) is 8.78. The van der Waals surface area contributed by atoms with Gasteiger partial charge in [0.15, 0.2) is 0 Å². The first-order chi connectivity index (χ1) is 16.3. The summed E-state index contributed by atoms with van der Waals surface area (Å²) in [6.45, 7) is 5.23. The van der Waals surface area contributed by atoms with Crippen LogP contribution < -0.4 is 4.90 Å². The lowest BCUT2D eigenvalue weighted by molar-refractivity contribution is 0.149. The lowest BCUT2D eigenvalue weighted by Crippen LogP contribution is -2.46. The van der Waals surface area contributed by atoms with Crippen LogP contribution in [0.15, 0.2) is 28.7 Å². The van der Waals surface area contributed by atoms with Crippen LogP contribution in [-0.2, 0) is 5.41 Å². The Kier molecular flexibility index (Phi) is 6.86. The highest BCUT2D eigenvalue weighted by Crippen LogP contribution is 2.46. The number of aromatic nitrogens is 4. The lowest BCUT2D eigenvalue weighted by atomic mass is 9.67. The van der Waals surface area contributed by atoms with Crippen LogP contribution in [0.5, 0.6) is 0 Å². The predicted molar refractivity (Wildman–Crippen MR) is 119 cm³/mol. The van der Waals surface area contributed by atoms with E-state index in [4.69, 9.17) is 4.42 Å². The summed E-state index contributed by atoms with van der Waals surface area (Å²) in [5, 5.41) is 16.4. The topological polar surface area (TPSA) is 67.9 Å². The number of rotatable bonds is 8. The third kappa shape index (κ3) is 4.50. The summed E-state index contributed by atoms with van der Waals surface area (Å²) >= 11 is 0. The molecule has 4 rings (SSSR count). The highest BCUT2D eigenvalue weighted by atomic mass is 19.3. The Bertz CT molecular complexity index is 1130. The fourth-order valence-corrected chi connectivity index (χ4v) is 4.91. The summed E-state index contributed by atoms with van der Waals surface area (Å²) in [5.41, 5.74) is 0.807. The Morgan fingerprint density at radius 1 is 1.12 bits per heavy atom. The zero-order valence-corrected chi connectivity index (χ0v) is 19.4. The third-order valence-electron chi connectivity index (χ3n) is 6.76. The fraction of sp³-hybridized carbons (Fsp3) is 0.500. The van der Waals surface area contributed by atoms with Gasteiger partial charge >= 0.3 is 6.01 Å². The molecule has 2 aromatic heterocycles. The number of nitrogens with zero attached hydrogens (tertiary/aromatic N) is 5. The maximum Gasteiger partial charge on any atom is 0.318 e. The van der Waals surface area contributed by atoms with Crippen LogP contribution in [-0.4, -0.2) is 39.9 Å². The zero-order valence-electron chi connectivity index (χ0n) is 19.4. The summed E-state index contributed by atoms with van der Waals surface area (Å²) in [5.74, 6) is -1.02. The third-order valence-corrected chi connectivity index (χ3v) is 6.76. The molecule has 0 aliphatic heterocycles. The van der Waals surface area contributed by atoms with Crippen molar-refractivity contribution in [2.45, 2.75) is 64.2 Å². The average molecular weight is 478 g/mol. The normalized spacial score (nSPS) is 19.9. The molecule has 1 aliphatic carbocycles. The van der Waals surface area contributed by atoms with E-state index in [0.717, 1.165) is 18.4 Å². The molecule has 0 unspecified atom stereocenters. The monoisotopic (exact) mass is 477 g/mol. The minimum Gasteiger partial charge on any atom is -0.408 e. The molecule has 3 aromatic rings. The van der Waals surface area contributed by atoms with Gasteiger partial charge in [-0.2, -0.15) is 10.2 Å². The Balaban J connectivity index is 1.79. The van der Waals surface area contributed by atoms with E-state index >= 15 is 0 Å². The Morgan fingerprint density at radius 3 is 2.44 bits per heavy atom. The van der Waals surface area contributed by atoms with Crippen LogP contribution in [0.2, 0.25) is 0 Å². The van der Waals surface area contributed by atoms with Crippen molar-refractivity contribution in [1.82, 2.24) is 20.4 Å². The van der Waals surface area contributed by atoms with Gasteiger partial charge in [-0.3, -0.25) is 0 Å². The maximum absolute atomic E-state index is 14.4. The first-order valence-corrected chi connectivity index (χ1v) is 11.4. The molecule has 182 valence electrons. The van der Waals surface area contributed by atoms with E-state index < -0.39 is 30.0 Å². The van der Waals surface area contributed by atoms with Gasteiger partial charge < -0.3 is 9.32 Å². The van der Waals surface area contributed by atoms with Crippen molar-refractivity contribution in [2.75, 3.05) is 18.0 Å². The molecule has 0 fully saturated rings. The Morgan fingerprint density at radius 2 is 1.85 bits per heavy atom. The minimum absolute atomic E-state index is 0.0304. The number of halogens is 4. The van der Waals surface area contributed by atoms with Crippen molar-refractivity contribution in [3.05, 3.63) is 53.0 Å². The Hall–Kier alpha value is -3.04. The van der Waals surface area contributed by atoms with Gasteiger partial charge in [0.05, 0.1) is 23.5 Å².